The molecular formula is C22H28O4. The lowest BCUT2D eigenvalue weighted by Gasteiger charge is -2.09. The van der Waals surface area contributed by atoms with Gasteiger partial charge in [0, 0.05) is 6.42 Å². The smallest absolute Gasteiger partial charge is 0.303 e. The van der Waals surface area contributed by atoms with Crippen LogP contribution in [-0.4, -0.2) is 24.3 Å². The van der Waals surface area contributed by atoms with E-state index in [9.17, 15) is 4.79 Å². The molecular weight excluding hydrogens is 328 g/mol. The summed E-state index contributed by atoms with van der Waals surface area (Å²) >= 11 is 0. The number of rotatable bonds is 12. The molecule has 0 bridgehead atoms. The van der Waals surface area contributed by atoms with Crippen LogP contribution in [0.2, 0.25) is 0 Å². The third-order valence-corrected chi connectivity index (χ3v) is 4.11. The van der Waals surface area contributed by atoms with E-state index in [1.54, 1.807) is 0 Å². The molecule has 0 aliphatic heterocycles. The van der Waals surface area contributed by atoms with Crippen LogP contribution in [0.4, 0.5) is 0 Å². The summed E-state index contributed by atoms with van der Waals surface area (Å²) in [6.07, 6.45) is 4.89. The van der Waals surface area contributed by atoms with Crippen LogP contribution < -0.4 is 9.47 Å². The van der Waals surface area contributed by atoms with Crippen molar-refractivity contribution in [2.75, 3.05) is 13.2 Å². The maximum Gasteiger partial charge on any atom is 0.303 e. The Bertz CT molecular complexity index is 647. The molecule has 2 aromatic carbocycles. The molecule has 4 nitrogen and oxygen atoms in total. The topological polar surface area (TPSA) is 55.8 Å². The lowest BCUT2D eigenvalue weighted by Crippen LogP contribution is -1.99. The maximum atomic E-state index is 10.4. The highest BCUT2D eigenvalue weighted by Crippen LogP contribution is 2.25. The minimum absolute atomic E-state index is 0.233. The molecule has 26 heavy (non-hydrogen) atoms. The number of hydrogen-bond donors (Lipinski definition) is 1. The second kappa shape index (κ2) is 11.2. The van der Waals surface area contributed by atoms with Gasteiger partial charge < -0.3 is 14.6 Å². The van der Waals surface area contributed by atoms with Gasteiger partial charge in [-0.15, -0.1) is 0 Å². The first-order valence-corrected chi connectivity index (χ1v) is 9.37. The van der Waals surface area contributed by atoms with Gasteiger partial charge in [-0.2, -0.15) is 0 Å². The van der Waals surface area contributed by atoms with E-state index in [-0.39, 0.29) is 6.42 Å². The molecule has 0 radical (unpaired) electrons. The molecule has 0 heterocycles. The first-order chi connectivity index (χ1) is 12.7. The maximum absolute atomic E-state index is 10.4. The Morgan fingerprint density at radius 1 is 0.769 bits per heavy atom. The number of ether oxygens (including phenoxy) is 2. The molecule has 0 atom stereocenters. The Hall–Kier alpha value is -2.49. The molecule has 0 aromatic heterocycles. The SMILES string of the molecule is CCCCOc1ccc(-c2ccc(OCCCCCC(=O)O)cc2)cc1. The van der Waals surface area contributed by atoms with Crippen LogP contribution in [0, 0.1) is 0 Å². The van der Waals surface area contributed by atoms with Crippen LogP contribution in [0.1, 0.15) is 45.4 Å². The summed E-state index contributed by atoms with van der Waals surface area (Å²) in [7, 11) is 0. The fraction of sp³-hybridized carbons (Fsp3) is 0.409. The summed E-state index contributed by atoms with van der Waals surface area (Å²) in [4.78, 5) is 10.4. The minimum Gasteiger partial charge on any atom is -0.494 e. The standard InChI is InChI=1S/C22H28O4/c1-2-3-16-25-20-12-8-18(9-13-20)19-10-14-21(15-11-19)26-17-6-4-5-7-22(23)24/h8-15H,2-7,16-17H2,1H3,(H,23,24). The van der Waals surface area contributed by atoms with Gasteiger partial charge >= 0.3 is 5.97 Å². The van der Waals surface area contributed by atoms with E-state index in [4.69, 9.17) is 14.6 Å². The van der Waals surface area contributed by atoms with Crippen molar-refractivity contribution in [1.82, 2.24) is 0 Å². The van der Waals surface area contributed by atoms with Crippen LogP contribution in [0.15, 0.2) is 48.5 Å². The van der Waals surface area contributed by atoms with E-state index >= 15 is 0 Å². The number of hydrogen-bond acceptors (Lipinski definition) is 3. The number of unbranched alkanes of at least 4 members (excludes halogenated alkanes) is 3. The van der Waals surface area contributed by atoms with E-state index in [0.29, 0.717) is 13.0 Å². The van der Waals surface area contributed by atoms with E-state index in [1.807, 2.05) is 36.4 Å². The van der Waals surface area contributed by atoms with Gasteiger partial charge in [-0.3, -0.25) is 4.79 Å². The highest BCUT2D eigenvalue weighted by Gasteiger charge is 2.01. The van der Waals surface area contributed by atoms with Gasteiger partial charge in [0.1, 0.15) is 11.5 Å². The quantitative estimate of drug-likeness (QED) is 0.506. The Kier molecular flexibility index (Phi) is 8.53. The molecule has 0 aliphatic rings. The van der Waals surface area contributed by atoms with Gasteiger partial charge in [-0.1, -0.05) is 37.6 Å². The molecule has 0 fully saturated rings. The van der Waals surface area contributed by atoms with Crippen molar-refractivity contribution in [3.63, 3.8) is 0 Å². The molecule has 0 saturated carbocycles. The third-order valence-electron chi connectivity index (χ3n) is 4.11. The molecule has 1 N–H and O–H groups in total. The lowest BCUT2D eigenvalue weighted by atomic mass is 10.1. The highest BCUT2D eigenvalue weighted by molar-refractivity contribution is 5.66. The van der Waals surface area contributed by atoms with Crippen LogP contribution in [0.25, 0.3) is 11.1 Å². The van der Waals surface area contributed by atoms with Gasteiger partial charge in [0.25, 0.3) is 0 Å². The largest absolute Gasteiger partial charge is 0.494 e. The summed E-state index contributed by atoms with van der Waals surface area (Å²) in [5, 5.41) is 8.59. The van der Waals surface area contributed by atoms with Crippen LogP contribution in [-0.2, 0) is 4.79 Å². The van der Waals surface area contributed by atoms with Crippen LogP contribution >= 0.6 is 0 Å². The first-order valence-electron chi connectivity index (χ1n) is 9.37. The van der Waals surface area contributed by atoms with E-state index in [0.717, 1.165) is 54.9 Å². The second-order valence-corrected chi connectivity index (χ2v) is 6.30. The van der Waals surface area contributed by atoms with Crippen molar-refractivity contribution < 1.29 is 19.4 Å². The Morgan fingerprint density at radius 2 is 1.27 bits per heavy atom. The van der Waals surface area contributed by atoms with Gasteiger partial charge in [0.15, 0.2) is 0 Å². The average Bonchev–Trinajstić information content (AvgIpc) is 2.66. The third kappa shape index (κ3) is 7.18. The van der Waals surface area contributed by atoms with Crippen molar-refractivity contribution in [2.24, 2.45) is 0 Å². The number of carbonyl (C=O) groups is 1. The van der Waals surface area contributed by atoms with Crippen molar-refractivity contribution in [3.8, 4) is 22.6 Å². The average molecular weight is 356 g/mol. The number of carboxylic acid groups (broad SMARTS) is 1. The zero-order valence-electron chi connectivity index (χ0n) is 15.4. The monoisotopic (exact) mass is 356 g/mol. The number of benzene rings is 2. The summed E-state index contributed by atoms with van der Waals surface area (Å²) in [5.74, 6) is 1.01. The van der Waals surface area contributed by atoms with Crippen molar-refractivity contribution in [2.45, 2.75) is 45.4 Å². The van der Waals surface area contributed by atoms with E-state index < -0.39 is 5.97 Å². The van der Waals surface area contributed by atoms with Gasteiger partial charge in [-0.05, 0) is 61.1 Å². The molecule has 140 valence electrons. The summed E-state index contributed by atoms with van der Waals surface area (Å²) in [6, 6.07) is 16.2. The zero-order chi connectivity index (χ0) is 18.6. The van der Waals surface area contributed by atoms with Crippen LogP contribution in [0.3, 0.4) is 0 Å². The summed E-state index contributed by atoms with van der Waals surface area (Å²) < 4.78 is 11.4. The Morgan fingerprint density at radius 3 is 1.73 bits per heavy atom. The minimum atomic E-state index is -0.734. The van der Waals surface area contributed by atoms with Crippen molar-refractivity contribution in [1.29, 1.82) is 0 Å². The predicted octanol–water partition coefficient (Wildman–Crippen LogP) is 5.56. The lowest BCUT2D eigenvalue weighted by molar-refractivity contribution is -0.137. The molecule has 0 saturated heterocycles. The molecule has 2 aromatic rings. The molecule has 0 spiro atoms. The van der Waals surface area contributed by atoms with Crippen molar-refractivity contribution >= 4 is 5.97 Å². The van der Waals surface area contributed by atoms with E-state index in [1.165, 1.54) is 0 Å². The predicted molar refractivity (Wildman–Crippen MR) is 104 cm³/mol. The van der Waals surface area contributed by atoms with Crippen molar-refractivity contribution in [3.05, 3.63) is 48.5 Å². The molecule has 0 aliphatic carbocycles. The highest BCUT2D eigenvalue weighted by atomic mass is 16.5. The van der Waals surface area contributed by atoms with Gasteiger partial charge in [0.05, 0.1) is 13.2 Å². The Labute approximate surface area is 155 Å². The first kappa shape index (κ1) is 19.8. The normalized spacial score (nSPS) is 10.5. The Balaban J connectivity index is 1.76. The summed E-state index contributed by atoms with van der Waals surface area (Å²) in [5.41, 5.74) is 2.28. The molecule has 4 heteroatoms. The van der Waals surface area contributed by atoms with Gasteiger partial charge in [0.2, 0.25) is 0 Å². The molecule has 2 rings (SSSR count). The number of carboxylic acids is 1. The molecule has 0 unspecified atom stereocenters. The fourth-order valence-corrected chi connectivity index (χ4v) is 2.57. The number of aliphatic carboxylic acids is 1. The fourth-order valence-electron chi connectivity index (χ4n) is 2.57. The second-order valence-electron chi connectivity index (χ2n) is 6.30. The zero-order valence-corrected chi connectivity index (χ0v) is 15.4. The van der Waals surface area contributed by atoms with E-state index in [2.05, 4.69) is 19.1 Å². The molecule has 0 amide bonds. The van der Waals surface area contributed by atoms with Gasteiger partial charge in [-0.25, -0.2) is 0 Å². The van der Waals surface area contributed by atoms with Crippen LogP contribution in [0.5, 0.6) is 11.5 Å². The summed E-state index contributed by atoms with van der Waals surface area (Å²) in [6.45, 7) is 3.53.